The first-order chi connectivity index (χ1) is 10.2. The monoisotopic (exact) mass is 281 g/mol. The molecular formula is C16H15N3O2. The maximum absolute atomic E-state index is 11.5. The highest BCUT2D eigenvalue weighted by Crippen LogP contribution is 2.17. The van der Waals surface area contributed by atoms with Gasteiger partial charge in [0.25, 0.3) is 5.91 Å². The molecule has 3 aromatic rings. The fraction of sp³-hybridized carbons (Fsp3) is 0.125. The second-order valence-corrected chi connectivity index (χ2v) is 5.01. The number of nitrogens with one attached hydrogen (secondary N) is 1. The first-order valence-corrected chi connectivity index (χ1v) is 6.62. The van der Waals surface area contributed by atoms with Gasteiger partial charge in [0, 0.05) is 12.1 Å². The average molecular weight is 281 g/mol. The van der Waals surface area contributed by atoms with Gasteiger partial charge in [0.15, 0.2) is 0 Å². The zero-order valence-corrected chi connectivity index (χ0v) is 11.6. The van der Waals surface area contributed by atoms with Crippen LogP contribution in [0.4, 0.5) is 0 Å². The van der Waals surface area contributed by atoms with Crippen LogP contribution in [0.5, 0.6) is 0 Å². The molecule has 0 fully saturated rings. The van der Waals surface area contributed by atoms with Crippen LogP contribution in [0, 0.1) is 6.92 Å². The number of imidazole rings is 1. The Balaban J connectivity index is 2.00. The third-order valence-electron chi connectivity index (χ3n) is 3.42. The Morgan fingerprint density at radius 1 is 1.29 bits per heavy atom. The first kappa shape index (κ1) is 13.3. The van der Waals surface area contributed by atoms with Crippen molar-refractivity contribution in [3.05, 3.63) is 65.5 Å². The van der Waals surface area contributed by atoms with Gasteiger partial charge in [0.2, 0.25) is 0 Å². The van der Waals surface area contributed by atoms with Gasteiger partial charge < -0.3 is 4.57 Å². The number of benzene rings is 2. The van der Waals surface area contributed by atoms with E-state index in [0.717, 1.165) is 11.0 Å². The van der Waals surface area contributed by atoms with Crippen LogP contribution in [0.3, 0.4) is 0 Å². The maximum atomic E-state index is 11.5. The summed E-state index contributed by atoms with van der Waals surface area (Å²) in [5.74, 6) is -0.528. The second-order valence-electron chi connectivity index (χ2n) is 5.01. The molecule has 0 atom stereocenters. The number of carbonyl (C=O) groups is 1. The number of amides is 1. The van der Waals surface area contributed by atoms with Crippen LogP contribution in [0.25, 0.3) is 11.0 Å². The first-order valence-electron chi connectivity index (χ1n) is 6.62. The summed E-state index contributed by atoms with van der Waals surface area (Å²) in [6.07, 6.45) is 1.76. The van der Waals surface area contributed by atoms with Crippen molar-refractivity contribution >= 4 is 16.9 Å². The van der Waals surface area contributed by atoms with Gasteiger partial charge in [0.05, 0.1) is 17.4 Å². The van der Waals surface area contributed by atoms with Gasteiger partial charge in [-0.3, -0.25) is 10.0 Å². The number of nitrogens with zero attached hydrogens (tertiary/aromatic N) is 2. The minimum Gasteiger partial charge on any atom is -0.326 e. The highest BCUT2D eigenvalue weighted by Gasteiger charge is 2.09. The van der Waals surface area contributed by atoms with Crippen molar-refractivity contribution in [1.29, 1.82) is 0 Å². The zero-order chi connectivity index (χ0) is 14.8. The van der Waals surface area contributed by atoms with Crippen molar-refractivity contribution in [3.63, 3.8) is 0 Å². The Hall–Kier alpha value is -2.66. The molecule has 1 amide bonds. The van der Waals surface area contributed by atoms with Crippen molar-refractivity contribution < 1.29 is 10.0 Å². The van der Waals surface area contributed by atoms with Crippen LogP contribution in [-0.2, 0) is 6.54 Å². The Bertz CT molecular complexity index is 808. The predicted octanol–water partition coefficient (Wildman–Crippen LogP) is 2.51. The summed E-state index contributed by atoms with van der Waals surface area (Å²) < 4.78 is 1.98. The lowest BCUT2D eigenvalue weighted by atomic mass is 10.1. The van der Waals surface area contributed by atoms with Gasteiger partial charge in [-0.05, 0) is 30.7 Å². The van der Waals surface area contributed by atoms with Gasteiger partial charge in [-0.15, -0.1) is 0 Å². The molecule has 0 saturated heterocycles. The standard InChI is InChI=1S/C16H15N3O2/c1-11-3-2-4-12(7-11)9-19-10-17-14-6-5-13(8-15(14)19)16(20)18-21/h2-8,10,21H,9H2,1H3,(H,18,20). The molecule has 0 saturated carbocycles. The highest BCUT2D eigenvalue weighted by atomic mass is 16.5. The third-order valence-corrected chi connectivity index (χ3v) is 3.42. The van der Waals surface area contributed by atoms with E-state index in [1.807, 2.05) is 10.6 Å². The van der Waals surface area contributed by atoms with Crippen LogP contribution in [-0.4, -0.2) is 20.7 Å². The van der Waals surface area contributed by atoms with E-state index in [2.05, 4.69) is 30.1 Å². The van der Waals surface area contributed by atoms with Gasteiger partial charge in [0.1, 0.15) is 0 Å². The number of carbonyl (C=O) groups excluding carboxylic acids is 1. The lowest BCUT2D eigenvalue weighted by molar-refractivity contribution is 0.0706. The minimum atomic E-state index is -0.528. The summed E-state index contributed by atoms with van der Waals surface area (Å²) in [6, 6.07) is 13.4. The molecule has 5 heteroatoms. The SMILES string of the molecule is Cc1cccc(Cn2cnc3ccc(C(=O)NO)cc32)c1. The van der Waals surface area contributed by atoms with Gasteiger partial charge in [-0.1, -0.05) is 29.8 Å². The molecule has 106 valence electrons. The van der Waals surface area contributed by atoms with E-state index in [4.69, 9.17) is 5.21 Å². The molecule has 0 aliphatic heterocycles. The smallest absolute Gasteiger partial charge is 0.274 e. The summed E-state index contributed by atoms with van der Waals surface area (Å²) in [6.45, 7) is 2.74. The Morgan fingerprint density at radius 3 is 2.90 bits per heavy atom. The molecule has 5 nitrogen and oxygen atoms in total. The lowest BCUT2D eigenvalue weighted by Crippen LogP contribution is -2.18. The van der Waals surface area contributed by atoms with E-state index >= 15 is 0 Å². The fourth-order valence-corrected chi connectivity index (χ4v) is 2.40. The summed E-state index contributed by atoms with van der Waals surface area (Å²) >= 11 is 0. The highest BCUT2D eigenvalue weighted by molar-refractivity contribution is 5.96. The van der Waals surface area contributed by atoms with E-state index in [9.17, 15) is 4.79 Å². The number of hydroxylamine groups is 1. The van der Waals surface area contributed by atoms with Crippen LogP contribution in [0.1, 0.15) is 21.5 Å². The van der Waals surface area contributed by atoms with E-state index in [1.165, 1.54) is 11.1 Å². The molecule has 1 heterocycles. The molecule has 0 aliphatic carbocycles. The summed E-state index contributed by atoms with van der Waals surface area (Å²) in [5, 5.41) is 8.72. The second kappa shape index (κ2) is 5.38. The third kappa shape index (κ3) is 2.64. The maximum Gasteiger partial charge on any atom is 0.274 e. The summed E-state index contributed by atoms with van der Waals surface area (Å²) in [4.78, 5) is 15.8. The number of aryl methyl sites for hydroxylation is 1. The quantitative estimate of drug-likeness (QED) is 0.572. The molecule has 0 spiro atoms. The van der Waals surface area contributed by atoms with E-state index in [-0.39, 0.29) is 0 Å². The number of rotatable bonds is 3. The number of aromatic nitrogens is 2. The van der Waals surface area contributed by atoms with Crippen molar-refractivity contribution in [2.45, 2.75) is 13.5 Å². The normalized spacial score (nSPS) is 10.8. The van der Waals surface area contributed by atoms with Crippen molar-refractivity contribution in [3.8, 4) is 0 Å². The molecule has 3 rings (SSSR count). The summed E-state index contributed by atoms with van der Waals surface area (Å²) in [7, 11) is 0. The molecule has 0 bridgehead atoms. The van der Waals surface area contributed by atoms with E-state index in [1.54, 1.807) is 30.0 Å². The molecule has 0 aliphatic rings. The van der Waals surface area contributed by atoms with Crippen LogP contribution in [0.2, 0.25) is 0 Å². The molecule has 2 N–H and O–H groups in total. The van der Waals surface area contributed by atoms with Crippen molar-refractivity contribution in [1.82, 2.24) is 15.0 Å². The largest absolute Gasteiger partial charge is 0.326 e. The number of fused-ring (bicyclic) bond motifs is 1. The molecule has 0 unspecified atom stereocenters. The summed E-state index contributed by atoms with van der Waals surface area (Å²) in [5.41, 5.74) is 6.10. The number of hydrogen-bond donors (Lipinski definition) is 2. The predicted molar refractivity (Wildman–Crippen MR) is 79.3 cm³/mol. The Kier molecular flexibility index (Phi) is 3.41. The van der Waals surface area contributed by atoms with E-state index < -0.39 is 5.91 Å². The zero-order valence-electron chi connectivity index (χ0n) is 11.6. The molecule has 21 heavy (non-hydrogen) atoms. The van der Waals surface area contributed by atoms with Crippen LogP contribution >= 0.6 is 0 Å². The van der Waals surface area contributed by atoms with Gasteiger partial charge in [-0.25, -0.2) is 10.5 Å². The molecule has 2 aromatic carbocycles. The van der Waals surface area contributed by atoms with Crippen LogP contribution < -0.4 is 5.48 Å². The lowest BCUT2D eigenvalue weighted by Gasteiger charge is -2.06. The fourth-order valence-electron chi connectivity index (χ4n) is 2.40. The van der Waals surface area contributed by atoms with Gasteiger partial charge in [-0.2, -0.15) is 0 Å². The topological polar surface area (TPSA) is 67.2 Å². The molecule has 1 aromatic heterocycles. The molecular weight excluding hydrogens is 266 g/mol. The van der Waals surface area contributed by atoms with Crippen LogP contribution in [0.15, 0.2) is 48.8 Å². The van der Waals surface area contributed by atoms with E-state index in [0.29, 0.717) is 12.1 Å². The minimum absolute atomic E-state index is 0.399. The Morgan fingerprint density at radius 2 is 2.14 bits per heavy atom. The number of hydrogen-bond acceptors (Lipinski definition) is 3. The average Bonchev–Trinajstić information content (AvgIpc) is 2.89. The molecule has 0 radical (unpaired) electrons. The van der Waals surface area contributed by atoms with Crippen molar-refractivity contribution in [2.75, 3.05) is 0 Å². The van der Waals surface area contributed by atoms with Gasteiger partial charge >= 0.3 is 0 Å². The Labute approximate surface area is 121 Å². The van der Waals surface area contributed by atoms with Crippen molar-refractivity contribution in [2.24, 2.45) is 0 Å².